The third-order valence-corrected chi connectivity index (χ3v) is 3.51. The van der Waals surface area contributed by atoms with Crippen LogP contribution in [0.3, 0.4) is 0 Å². The highest BCUT2D eigenvalue weighted by atomic mass is 32.1. The van der Waals surface area contributed by atoms with E-state index in [1.54, 1.807) is 19.0 Å². The van der Waals surface area contributed by atoms with Gasteiger partial charge >= 0.3 is 0 Å². The number of amides is 1. The van der Waals surface area contributed by atoms with Crippen molar-refractivity contribution in [1.82, 2.24) is 9.88 Å². The highest BCUT2D eigenvalue weighted by molar-refractivity contribution is 7.22. The zero-order valence-corrected chi connectivity index (χ0v) is 11.4. The van der Waals surface area contributed by atoms with Gasteiger partial charge in [-0.2, -0.15) is 0 Å². The van der Waals surface area contributed by atoms with E-state index in [9.17, 15) is 4.79 Å². The van der Waals surface area contributed by atoms with Crippen LogP contribution in [0.4, 0.5) is 10.8 Å². The molecular formula is C12H16N4OS. The Labute approximate surface area is 110 Å². The van der Waals surface area contributed by atoms with Gasteiger partial charge in [-0.3, -0.25) is 4.79 Å². The number of rotatable bonds is 3. The molecular weight excluding hydrogens is 248 g/mol. The van der Waals surface area contributed by atoms with Crippen LogP contribution in [0.5, 0.6) is 0 Å². The summed E-state index contributed by atoms with van der Waals surface area (Å²) >= 11 is 1.50. The third kappa shape index (κ3) is 2.53. The van der Waals surface area contributed by atoms with Crippen LogP contribution in [0.2, 0.25) is 0 Å². The maximum absolute atomic E-state index is 11.7. The maximum atomic E-state index is 11.7. The van der Waals surface area contributed by atoms with Gasteiger partial charge < -0.3 is 16.0 Å². The van der Waals surface area contributed by atoms with E-state index in [0.717, 1.165) is 21.0 Å². The van der Waals surface area contributed by atoms with E-state index >= 15 is 0 Å². The van der Waals surface area contributed by atoms with Crippen molar-refractivity contribution >= 4 is 38.3 Å². The lowest BCUT2D eigenvalue weighted by molar-refractivity contribution is -0.129. The minimum absolute atomic E-state index is 0.0220. The average molecular weight is 264 g/mol. The summed E-state index contributed by atoms with van der Waals surface area (Å²) in [5.41, 5.74) is 7.33. The van der Waals surface area contributed by atoms with Crippen molar-refractivity contribution in [3.63, 3.8) is 0 Å². The number of anilines is 2. The summed E-state index contributed by atoms with van der Waals surface area (Å²) in [6.07, 6.45) is 0. The lowest BCUT2D eigenvalue weighted by Crippen LogP contribution is -2.36. The topological polar surface area (TPSA) is 71.2 Å². The predicted molar refractivity (Wildman–Crippen MR) is 75.8 cm³/mol. The maximum Gasteiger partial charge on any atom is 0.244 e. The zero-order valence-electron chi connectivity index (χ0n) is 10.6. The lowest BCUT2D eigenvalue weighted by Gasteiger charge is -2.17. The molecule has 0 aliphatic carbocycles. The van der Waals surface area contributed by atoms with Gasteiger partial charge in [0.15, 0.2) is 5.13 Å². The molecule has 1 atom stereocenters. The van der Waals surface area contributed by atoms with Crippen LogP contribution in [-0.2, 0) is 4.79 Å². The average Bonchev–Trinajstić information content (AvgIpc) is 2.68. The number of likely N-dealkylation sites (N-methyl/N-ethyl adjacent to an activating group) is 1. The summed E-state index contributed by atoms with van der Waals surface area (Å²) in [5.74, 6) is 0.0220. The Hall–Kier alpha value is -1.82. The third-order valence-electron chi connectivity index (χ3n) is 2.56. The first-order valence-corrected chi connectivity index (χ1v) is 6.43. The largest absolute Gasteiger partial charge is 0.399 e. The van der Waals surface area contributed by atoms with Gasteiger partial charge in [0.2, 0.25) is 5.91 Å². The van der Waals surface area contributed by atoms with E-state index < -0.39 is 0 Å². The Morgan fingerprint density at radius 1 is 1.50 bits per heavy atom. The molecule has 0 saturated carbocycles. The number of benzene rings is 1. The molecule has 0 radical (unpaired) electrons. The SMILES string of the molecule is CC(Nc1nc2ccc(N)cc2s1)C(=O)N(C)C. The van der Waals surface area contributed by atoms with Gasteiger partial charge in [-0.25, -0.2) is 4.98 Å². The van der Waals surface area contributed by atoms with Gasteiger partial charge in [0, 0.05) is 19.8 Å². The number of aromatic nitrogens is 1. The molecule has 3 N–H and O–H groups in total. The Kier molecular flexibility index (Phi) is 3.38. The van der Waals surface area contributed by atoms with Gasteiger partial charge in [0.25, 0.3) is 0 Å². The molecule has 1 aromatic carbocycles. The summed E-state index contributed by atoms with van der Waals surface area (Å²) in [7, 11) is 3.47. The molecule has 2 aromatic rings. The number of nitrogens with zero attached hydrogens (tertiary/aromatic N) is 2. The van der Waals surface area contributed by atoms with Crippen molar-refractivity contribution < 1.29 is 4.79 Å². The molecule has 1 unspecified atom stereocenters. The van der Waals surface area contributed by atoms with E-state index in [1.165, 1.54) is 11.3 Å². The fourth-order valence-corrected chi connectivity index (χ4v) is 2.64. The van der Waals surface area contributed by atoms with E-state index in [4.69, 9.17) is 5.73 Å². The molecule has 0 spiro atoms. The van der Waals surface area contributed by atoms with Gasteiger partial charge in [-0.05, 0) is 25.1 Å². The van der Waals surface area contributed by atoms with Crippen LogP contribution in [0.1, 0.15) is 6.92 Å². The molecule has 1 amide bonds. The summed E-state index contributed by atoms with van der Waals surface area (Å²) in [4.78, 5) is 17.7. The van der Waals surface area contributed by atoms with Gasteiger partial charge in [-0.15, -0.1) is 0 Å². The fourth-order valence-electron chi connectivity index (χ4n) is 1.64. The van der Waals surface area contributed by atoms with Crippen LogP contribution in [0, 0.1) is 0 Å². The number of thiazole rings is 1. The molecule has 2 rings (SSSR count). The molecule has 18 heavy (non-hydrogen) atoms. The number of fused-ring (bicyclic) bond motifs is 1. The molecule has 5 nitrogen and oxygen atoms in total. The summed E-state index contributed by atoms with van der Waals surface area (Å²) in [6, 6.07) is 5.29. The first kappa shape index (κ1) is 12.6. The van der Waals surface area contributed by atoms with Gasteiger partial charge in [0.05, 0.1) is 10.2 Å². The molecule has 6 heteroatoms. The number of nitrogens with one attached hydrogen (secondary N) is 1. The normalized spacial score (nSPS) is 12.4. The smallest absolute Gasteiger partial charge is 0.244 e. The Balaban J connectivity index is 2.19. The molecule has 0 bridgehead atoms. The van der Waals surface area contributed by atoms with Crippen LogP contribution in [0.25, 0.3) is 10.2 Å². The standard InChI is InChI=1S/C12H16N4OS/c1-7(11(17)16(2)3)14-12-15-9-5-4-8(13)6-10(9)18-12/h4-7H,13H2,1-3H3,(H,14,15). The lowest BCUT2D eigenvalue weighted by atomic mass is 10.3. The van der Waals surface area contributed by atoms with E-state index in [-0.39, 0.29) is 11.9 Å². The predicted octanol–water partition coefficient (Wildman–Crippen LogP) is 1.77. The number of carbonyl (C=O) groups excluding carboxylic acids is 1. The second-order valence-electron chi connectivity index (χ2n) is 4.34. The van der Waals surface area contributed by atoms with Gasteiger partial charge in [-0.1, -0.05) is 11.3 Å². The van der Waals surface area contributed by atoms with Crippen LogP contribution < -0.4 is 11.1 Å². The summed E-state index contributed by atoms with van der Waals surface area (Å²) < 4.78 is 1.02. The number of hydrogen-bond acceptors (Lipinski definition) is 5. The minimum Gasteiger partial charge on any atom is -0.399 e. The highest BCUT2D eigenvalue weighted by Gasteiger charge is 2.16. The van der Waals surface area contributed by atoms with Crippen molar-refractivity contribution in [2.75, 3.05) is 25.1 Å². The zero-order chi connectivity index (χ0) is 13.3. The summed E-state index contributed by atoms with van der Waals surface area (Å²) in [6.45, 7) is 1.82. The molecule has 0 saturated heterocycles. The van der Waals surface area contributed by atoms with E-state index in [1.807, 2.05) is 25.1 Å². The van der Waals surface area contributed by atoms with E-state index in [2.05, 4.69) is 10.3 Å². The molecule has 0 aliphatic rings. The van der Waals surface area contributed by atoms with Crippen molar-refractivity contribution in [3.05, 3.63) is 18.2 Å². The Morgan fingerprint density at radius 2 is 2.22 bits per heavy atom. The molecule has 0 aliphatic heterocycles. The monoisotopic (exact) mass is 264 g/mol. The summed E-state index contributed by atoms with van der Waals surface area (Å²) in [5, 5.41) is 3.84. The second kappa shape index (κ2) is 4.81. The van der Waals surface area contributed by atoms with Crippen molar-refractivity contribution in [2.24, 2.45) is 0 Å². The quantitative estimate of drug-likeness (QED) is 0.829. The van der Waals surface area contributed by atoms with E-state index in [0.29, 0.717) is 0 Å². The second-order valence-corrected chi connectivity index (χ2v) is 5.38. The molecule has 1 aromatic heterocycles. The number of carbonyl (C=O) groups is 1. The highest BCUT2D eigenvalue weighted by Crippen LogP contribution is 2.27. The molecule has 0 fully saturated rings. The van der Waals surface area contributed by atoms with Crippen molar-refractivity contribution in [2.45, 2.75) is 13.0 Å². The van der Waals surface area contributed by atoms with Crippen LogP contribution >= 0.6 is 11.3 Å². The number of nitrogens with two attached hydrogens (primary N) is 1. The molecule has 96 valence electrons. The first-order valence-electron chi connectivity index (χ1n) is 5.61. The fraction of sp³-hybridized carbons (Fsp3) is 0.333. The van der Waals surface area contributed by atoms with Crippen LogP contribution in [-0.4, -0.2) is 35.9 Å². The first-order chi connectivity index (χ1) is 8.47. The van der Waals surface area contributed by atoms with Crippen molar-refractivity contribution in [3.8, 4) is 0 Å². The Bertz CT molecular complexity index is 578. The molecule has 1 heterocycles. The van der Waals surface area contributed by atoms with Gasteiger partial charge in [0.1, 0.15) is 6.04 Å². The number of nitrogen functional groups attached to an aromatic ring is 1. The van der Waals surface area contributed by atoms with Crippen molar-refractivity contribution in [1.29, 1.82) is 0 Å². The number of hydrogen-bond donors (Lipinski definition) is 2. The minimum atomic E-state index is -0.294. The van der Waals surface area contributed by atoms with Crippen LogP contribution in [0.15, 0.2) is 18.2 Å². The Morgan fingerprint density at radius 3 is 2.89 bits per heavy atom.